The molecule has 17 heavy (non-hydrogen) atoms. The van der Waals surface area contributed by atoms with E-state index in [-0.39, 0.29) is 5.56 Å². The van der Waals surface area contributed by atoms with Gasteiger partial charge in [-0.05, 0) is 11.6 Å². The van der Waals surface area contributed by atoms with E-state index in [1.165, 1.54) is 0 Å². The van der Waals surface area contributed by atoms with Crippen molar-refractivity contribution in [3.8, 4) is 0 Å². The number of nitrogens with one attached hydrogen (secondary N) is 1. The summed E-state index contributed by atoms with van der Waals surface area (Å²) in [5.41, 5.74) is 5.16. The predicted octanol–water partition coefficient (Wildman–Crippen LogP) is 0.892. The molecule has 0 bridgehead atoms. The van der Waals surface area contributed by atoms with Crippen molar-refractivity contribution < 1.29 is 18.0 Å². The highest BCUT2D eigenvalue weighted by Gasteiger charge is 2.34. The van der Waals surface area contributed by atoms with Gasteiger partial charge in [0.25, 0.3) is 0 Å². The van der Waals surface area contributed by atoms with E-state index in [0.29, 0.717) is 19.2 Å². The number of benzene rings is 1. The Morgan fingerprint density at radius 2 is 1.82 bits per heavy atom. The Hall–Kier alpha value is -1.56. The number of halogens is 3. The number of rotatable bonds is 2. The fourth-order valence-corrected chi connectivity index (χ4v) is 2.13. The van der Waals surface area contributed by atoms with Gasteiger partial charge < -0.3 is 11.1 Å². The van der Waals surface area contributed by atoms with E-state index in [9.17, 15) is 18.0 Å². The second kappa shape index (κ2) is 4.37. The lowest BCUT2D eigenvalue weighted by molar-refractivity contribution is -0.121. The van der Waals surface area contributed by atoms with Gasteiger partial charge in [-0.25, -0.2) is 13.2 Å². The summed E-state index contributed by atoms with van der Waals surface area (Å²) in [5, 5.41) is 2.88. The summed E-state index contributed by atoms with van der Waals surface area (Å²) in [5.74, 6) is -4.96. The molecule has 0 radical (unpaired) electrons. The Bertz CT molecular complexity index is 464. The van der Waals surface area contributed by atoms with Crippen molar-refractivity contribution >= 4 is 5.91 Å². The van der Waals surface area contributed by atoms with E-state index in [1.807, 2.05) is 0 Å². The van der Waals surface area contributed by atoms with Crippen molar-refractivity contribution in [3.05, 3.63) is 35.1 Å². The van der Waals surface area contributed by atoms with Crippen LogP contribution in [0.25, 0.3) is 0 Å². The van der Waals surface area contributed by atoms with E-state index in [0.717, 1.165) is 6.07 Å². The standard InChI is InChI=1S/C11H11F3N2O/c12-8-2-10(14)9(13)1-5(8)6-3-16-4-7(6)11(15)17/h1-2,6-7,16H,3-4H2,(H2,15,17). The first-order valence-electron chi connectivity index (χ1n) is 5.15. The highest BCUT2D eigenvalue weighted by atomic mass is 19.2. The number of carbonyl (C=O) groups is 1. The molecule has 92 valence electrons. The quantitative estimate of drug-likeness (QED) is 0.759. The molecule has 1 aliphatic heterocycles. The topological polar surface area (TPSA) is 55.1 Å². The fourth-order valence-electron chi connectivity index (χ4n) is 2.13. The highest BCUT2D eigenvalue weighted by molar-refractivity contribution is 5.78. The summed E-state index contributed by atoms with van der Waals surface area (Å²) in [6, 6.07) is 1.28. The zero-order valence-electron chi connectivity index (χ0n) is 8.84. The largest absolute Gasteiger partial charge is 0.369 e. The van der Waals surface area contributed by atoms with E-state index < -0.39 is 35.2 Å². The minimum Gasteiger partial charge on any atom is -0.369 e. The van der Waals surface area contributed by atoms with E-state index in [1.54, 1.807) is 0 Å². The number of hydrogen-bond acceptors (Lipinski definition) is 2. The first-order valence-corrected chi connectivity index (χ1v) is 5.15. The van der Waals surface area contributed by atoms with Crippen LogP contribution < -0.4 is 11.1 Å². The van der Waals surface area contributed by atoms with Crippen molar-refractivity contribution in [2.75, 3.05) is 13.1 Å². The normalized spacial score (nSPS) is 23.9. The molecule has 1 amide bonds. The zero-order chi connectivity index (χ0) is 12.6. The molecule has 1 saturated heterocycles. The number of amides is 1. The van der Waals surface area contributed by atoms with Gasteiger partial charge in [-0.1, -0.05) is 0 Å². The Labute approximate surface area is 95.8 Å². The fraction of sp³-hybridized carbons (Fsp3) is 0.364. The lowest BCUT2D eigenvalue weighted by Gasteiger charge is -2.16. The van der Waals surface area contributed by atoms with E-state index >= 15 is 0 Å². The SMILES string of the molecule is NC(=O)C1CNCC1c1cc(F)c(F)cc1F. The molecule has 2 rings (SSSR count). The zero-order valence-corrected chi connectivity index (χ0v) is 8.84. The molecule has 0 saturated carbocycles. The van der Waals surface area contributed by atoms with Crippen molar-refractivity contribution in [2.24, 2.45) is 11.7 Å². The van der Waals surface area contributed by atoms with Crippen molar-refractivity contribution in [2.45, 2.75) is 5.92 Å². The van der Waals surface area contributed by atoms with Crippen molar-refractivity contribution in [3.63, 3.8) is 0 Å². The number of primary amides is 1. The average molecular weight is 244 g/mol. The Morgan fingerprint density at radius 1 is 1.18 bits per heavy atom. The Balaban J connectivity index is 2.40. The molecule has 3 nitrogen and oxygen atoms in total. The summed E-state index contributed by atoms with van der Waals surface area (Å²) in [7, 11) is 0. The van der Waals surface area contributed by atoms with Crippen LogP contribution in [-0.4, -0.2) is 19.0 Å². The van der Waals surface area contributed by atoms with E-state index in [4.69, 9.17) is 5.73 Å². The second-order valence-corrected chi connectivity index (χ2v) is 4.06. The van der Waals surface area contributed by atoms with E-state index in [2.05, 4.69) is 5.32 Å². The molecule has 1 aromatic rings. The summed E-state index contributed by atoms with van der Waals surface area (Å²) in [6.45, 7) is 0.633. The summed E-state index contributed by atoms with van der Waals surface area (Å²) >= 11 is 0. The second-order valence-electron chi connectivity index (χ2n) is 4.06. The number of carbonyl (C=O) groups excluding carboxylic acids is 1. The minimum atomic E-state index is -1.24. The molecule has 1 aliphatic rings. The molecule has 0 aromatic heterocycles. The summed E-state index contributed by atoms with van der Waals surface area (Å²) in [4.78, 5) is 11.1. The van der Waals surface area contributed by atoms with Gasteiger partial charge in [-0.3, -0.25) is 4.79 Å². The van der Waals surface area contributed by atoms with Crippen LogP contribution in [0.5, 0.6) is 0 Å². The van der Waals surface area contributed by atoms with Gasteiger partial charge in [0.2, 0.25) is 5.91 Å². The van der Waals surface area contributed by atoms with Gasteiger partial charge in [-0.2, -0.15) is 0 Å². The molecule has 1 fully saturated rings. The maximum atomic E-state index is 13.5. The van der Waals surface area contributed by atoms with Crippen LogP contribution >= 0.6 is 0 Å². The van der Waals surface area contributed by atoms with Gasteiger partial charge in [0.15, 0.2) is 11.6 Å². The van der Waals surface area contributed by atoms with Crippen LogP contribution in [0.2, 0.25) is 0 Å². The lowest BCUT2D eigenvalue weighted by Crippen LogP contribution is -2.29. The maximum Gasteiger partial charge on any atom is 0.222 e. The highest BCUT2D eigenvalue weighted by Crippen LogP contribution is 2.30. The van der Waals surface area contributed by atoms with Gasteiger partial charge in [-0.15, -0.1) is 0 Å². The van der Waals surface area contributed by atoms with Crippen molar-refractivity contribution in [1.29, 1.82) is 0 Å². The van der Waals surface area contributed by atoms with Gasteiger partial charge in [0.1, 0.15) is 5.82 Å². The first kappa shape index (κ1) is 11.9. The predicted molar refractivity (Wildman–Crippen MR) is 54.6 cm³/mol. The van der Waals surface area contributed by atoms with Crippen LogP contribution in [0, 0.1) is 23.4 Å². The Morgan fingerprint density at radius 3 is 2.47 bits per heavy atom. The van der Waals surface area contributed by atoms with Gasteiger partial charge in [0.05, 0.1) is 5.92 Å². The Kier molecular flexibility index (Phi) is 3.06. The maximum absolute atomic E-state index is 13.5. The van der Waals surface area contributed by atoms with Crippen LogP contribution in [0.15, 0.2) is 12.1 Å². The molecule has 0 spiro atoms. The number of hydrogen-bond donors (Lipinski definition) is 2. The molecule has 2 atom stereocenters. The van der Waals surface area contributed by atoms with Crippen molar-refractivity contribution in [1.82, 2.24) is 5.32 Å². The third-order valence-corrected chi connectivity index (χ3v) is 3.02. The van der Waals surface area contributed by atoms with Gasteiger partial charge >= 0.3 is 0 Å². The molecular formula is C11H11F3N2O. The molecular weight excluding hydrogens is 233 g/mol. The van der Waals surface area contributed by atoms with Crippen LogP contribution in [0.4, 0.5) is 13.2 Å². The molecule has 6 heteroatoms. The number of nitrogens with two attached hydrogens (primary N) is 1. The summed E-state index contributed by atoms with van der Waals surface area (Å²) < 4.78 is 39.4. The molecule has 2 unspecified atom stereocenters. The molecule has 1 aromatic carbocycles. The third-order valence-electron chi connectivity index (χ3n) is 3.02. The monoisotopic (exact) mass is 244 g/mol. The molecule has 0 aliphatic carbocycles. The van der Waals surface area contributed by atoms with Crippen LogP contribution in [0.3, 0.4) is 0 Å². The first-order chi connectivity index (χ1) is 8.00. The smallest absolute Gasteiger partial charge is 0.222 e. The molecule has 1 heterocycles. The lowest BCUT2D eigenvalue weighted by atomic mass is 9.88. The third kappa shape index (κ3) is 2.12. The van der Waals surface area contributed by atoms with Gasteiger partial charge in [0, 0.05) is 25.1 Å². The minimum absolute atomic E-state index is 0.0160. The van der Waals surface area contributed by atoms with Crippen LogP contribution in [-0.2, 0) is 4.79 Å². The summed E-state index contributed by atoms with van der Waals surface area (Å²) in [6.07, 6.45) is 0. The van der Waals surface area contributed by atoms with Crippen LogP contribution in [0.1, 0.15) is 11.5 Å². The molecule has 3 N–H and O–H groups in total. The average Bonchev–Trinajstić information content (AvgIpc) is 2.72.